The van der Waals surface area contributed by atoms with E-state index >= 15 is 0 Å². The number of carbonyl (C=O) groups excluding carboxylic acids is 1. The van der Waals surface area contributed by atoms with Crippen LogP contribution >= 0.6 is 12.2 Å². The lowest BCUT2D eigenvalue weighted by atomic mass is 10.3. The van der Waals surface area contributed by atoms with E-state index in [0.29, 0.717) is 17.4 Å². The van der Waals surface area contributed by atoms with Crippen LogP contribution in [0.4, 0.5) is 0 Å². The van der Waals surface area contributed by atoms with Crippen molar-refractivity contribution in [2.75, 3.05) is 6.54 Å². The maximum Gasteiger partial charge on any atom is 0.276 e. The van der Waals surface area contributed by atoms with Crippen LogP contribution in [0.5, 0.6) is 0 Å². The zero-order chi connectivity index (χ0) is 12.3. The molecule has 17 heavy (non-hydrogen) atoms. The summed E-state index contributed by atoms with van der Waals surface area (Å²) in [5, 5.41) is 3.33. The first kappa shape index (κ1) is 11.6. The van der Waals surface area contributed by atoms with Crippen molar-refractivity contribution in [2.24, 2.45) is 0 Å². The smallest absolute Gasteiger partial charge is 0.276 e. The molecule has 0 spiro atoms. The molecule has 1 aliphatic rings. The summed E-state index contributed by atoms with van der Waals surface area (Å²) in [7, 11) is 0. The number of allylic oxidation sites excluding steroid dienone is 2. The van der Waals surface area contributed by atoms with Crippen molar-refractivity contribution < 1.29 is 9.21 Å². The number of nitrogens with zero attached hydrogens (tertiary/aromatic N) is 1. The summed E-state index contributed by atoms with van der Waals surface area (Å²) in [6.45, 7) is 2.46. The number of hydrogen-bond donors (Lipinski definition) is 1. The van der Waals surface area contributed by atoms with Crippen LogP contribution in [-0.4, -0.2) is 22.5 Å². The molecule has 0 aromatic carbocycles. The zero-order valence-electron chi connectivity index (χ0n) is 9.34. The van der Waals surface area contributed by atoms with E-state index in [1.54, 1.807) is 30.6 Å². The number of carbonyl (C=O) groups is 1. The third-order valence-corrected chi connectivity index (χ3v) is 2.67. The lowest BCUT2D eigenvalue weighted by Crippen LogP contribution is -2.30. The molecule has 4 nitrogen and oxygen atoms in total. The Balaban J connectivity index is 2.09. The first-order valence-corrected chi connectivity index (χ1v) is 5.68. The van der Waals surface area contributed by atoms with Crippen LogP contribution in [0.2, 0.25) is 0 Å². The van der Waals surface area contributed by atoms with Gasteiger partial charge < -0.3 is 9.73 Å². The van der Waals surface area contributed by atoms with E-state index in [4.69, 9.17) is 16.6 Å². The Morgan fingerprint density at radius 1 is 1.59 bits per heavy atom. The quantitative estimate of drug-likeness (QED) is 0.655. The number of furan rings is 1. The minimum Gasteiger partial charge on any atom is -0.465 e. The van der Waals surface area contributed by atoms with E-state index < -0.39 is 0 Å². The number of likely N-dealkylation sites (N-methyl/N-ethyl adjacent to an activating group) is 1. The number of hydrogen-bond acceptors (Lipinski definition) is 3. The van der Waals surface area contributed by atoms with E-state index in [0.717, 1.165) is 5.76 Å². The second-order valence-electron chi connectivity index (χ2n) is 3.43. The molecule has 1 N–H and O–H groups in total. The van der Waals surface area contributed by atoms with Crippen molar-refractivity contribution in [1.29, 1.82) is 0 Å². The lowest BCUT2D eigenvalue weighted by Gasteiger charge is -2.08. The summed E-state index contributed by atoms with van der Waals surface area (Å²) in [5.74, 6) is 0.642. The van der Waals surface area contributed by atoms with Gasteiger partial charge in [0.15, 0.2) is 5.11 Å². The van der Waals surface area contributed by atoms with Gasteiger partial charge in [0.1, 0.15) is 11.5 Å². The van der Waals surface area contributed by atoms with Gasteiger partial charge in [-0.15, -0.1) is 0 Å². The summed E-state index contributed by atoms with van der Waals surface area (Å²) < 4.78 is 5.13. The number of rotatable bonds is 3. The van der Waals surface area contributed by atoms with E-state index in [2.05, 4.69) is 5.32 Å². The van der Waals surface area contributed by atoms with Gasteiger partial charge in [-0.05, 0) is 43.4 Å². The highest BCUT2D eigenvalue weighted by atomic mass is 32.1. The Hall–Kier alpha value is -1.88. The van der Waals surface area contributed by atoms with Gasteiger partial charge >= 0.3 is 0 Å². The highest BCUT2D eigenvalue weighted by Crippen LogP contribution is 2.10. The molecule has 0 saturated carbocycles. The van der Waals surface area contributed by atoms with Gasteiger partial charge in [-0.1, -0.05) is 6.08 Å². The molecule has 1 aromatic heterocycles. The van der Waals surface area contributed by atoms with E-state index in [1.165, 1.54) is 4.90 Å². The van der Waals surface area contributed by atoms with Crippen molar-refractivity contribution in [3.63, 3.8) is 0 Å². The third kappa shape index (κ3) is 2.45. The lowest BCUT2D eigenvalue weighted by molar-refractivity contribution is -0.122. The largest absolute Gasteiger partial charge is 0.465 e. The molecule has 88 valence electrons. The van der Waals surface area contributed by atoms with Gasteiger partial charge in [0.25, 0.3) is 5.91 Å². The number of amides is 1. The molecule has 1 amide bonds. The third-order valence-electron chi connectivity index (χ3n) is 2.35. The Kier molecular flexibility index (Phi) is 3.39. The monoisotopic (exact) mass is 248 g/mol. The van der Waals surface area contributed by atoms with Gasteiger partial charge in [-0.3, -0.25) is 9.69 Å². The van der Waals surface area contributed by atoms with Crippen LogP contribution < -0.4 is 5.32 Å². The molecule has 0 radical (unpaired) electrons. The van der Waals surface area contributed by atoms with Crippen molar-refractivity contribution in [2.45, 2.75) is 6.92 Å². The minimum absolute atomic E-state index is 0.0957. The summed E-state index contributed by atoms with van der Waals surface area (Å²) in [6, 6.07) is 3.64. The molecule has 0 aliphatic carbocycles. The molecule has 0 unspecified atom stereocenters. The van der Waals surface area contributed by atoms with Crippen molar-refractivity contribution in [3.8, 4) is 0 Å². The second kappa shape index (κ2) is 4.97. The van der Waals surface area contributed by atoms with Crippen molar-refractivity contribution >= 4 is 29.3 Å². The van der Waals surface area contributed by atoms with Crippen LogP contribution in [-0.2, 0) is 4.79 Å². The van der Waals surface area contributed by atoms with E-state index in [-0.39, 0.29) is 5.91 Å². The maximum absolute atomic E-state index is 11.8. The van der Waals surface area contributed by atoms with Gasteiger partial charge in [0, 0.05) is 6.54 Å². The minimum atomic E-state index is -0.0957. The highest BCUT2D eigenvalue weighted by Gasteiger charge is 2.28. The predicted octanol–water partition coefficient (Wildman–Crippen LogP) is 1.91. The molecule has 1 fully saturated rings. The SMILES string of the molecule is CCN1C(=O)/C(=C/C=C/c2ccco2)NC1=S. The zero-order valence-corrected chi connectivity index (χ0v) is 10.2. The Labute approximate surface area is 105 Å². The molecule has 1 aliphatic heterocycles. The van der Waals surface area contributed by atoms with E-state index in [1.807, 2.05) is 13.0 Å². The van der Waals surface area contributed by atoms with Gasteiger partial charge in [-0.25, -0.2) is 0 Å². The summed E-state index contributed by atoms with van der Waals surface area (Å²) in [4.78, 5) is 13.3. The molecule has 5 heteroatoms. The molecule has 0 atom stereocenters. The molecular formula is C12H12N2O2S. The van der Waals surface area contributed by atoms with Crippen LogP contribution in [0.15, 0.2) is 40.7 Å². The molecule has 2 heterocycles. The van der Waals surface area contributed by atoms with Crippen LogP contribution in [0.25, 0.3) is 6.08 Å². The molecular weight excluding hydrogens is 236 g/mol. The van der Waals surface area contributed by atoms with Crippen LogP contribution in [0.3, 0.4) is 0 Å². The topological polar surface area (TPSA) is 45.5 Å². The normalized spacial score (nSPS) is 18.4. The van der Waals surface area contributed by atoms with Crippen molar-refractivity contribution in [1.82, 2.24) is 10.2 Å². The van der Waals surface area contributed by atoms with Crippen molar-refractivity contribution in [3.05, 3.63) is 42.0 Å². The fourth-order valence-electron chi connectivity index (χ4n) is 1.50. The number of thiocarbonyl (C=S) groups is 1. The number of nitrogens with one attached hydrogen (secondary N) is 1. The fraction of sp³-hybridized carbons (Fsp3) is 0.167. The standard InChI is InChI=1S/C12H12N2O2S/c1-2-14-11(15)10(13-12(14)17)7-3-5-9-6-4-8-16-9/h3-8H,2H2,1H3,(H,13,17)/b5-3+,10-7-. The summed E-state index contributed by atoms with van der Waals surface area (Å²) >= 11 is 5.03. The van der Waals surface area contributed by atoms with Crippen LogP contribution in [0.1, 0.15) is 12.7 Å². The second-order valence-corrected chi connectivity index (χ2v) is 3.82. The highest BCUT2D eigenvalue weighted by molar-refractivity contribution is 7.80. The summed E-state index contributed by atoms with van der Waals surface area (Å²) in [5.41, 5.74) is 0.486. The first-order chi connectivity index (χ1) is 8.22. The maximum atomic E-state index is 11.8. The average Bonchev–Trinajstić information content (AvgIpc) is 2.89. The molecule has 1 saturated heterocycles. The molecule has 0 bridgehead atoms. The molecule has 1 aromatic rings. The average molecular weight is 248 g/mol. The molecule has 2 rings (SSSR count). The Morgan fingerprint density at radius 2 is 2.41 bits per heavy atom. The first-order valence-electron chi connectivity index (χ1n) is 5.27. The Bertz CT molecular complexity index is 489. The summed E-state index contributed by atoms with van der Waals surface area (Å²) in [6.07, 6.45) is 6.81. The van der Waals surface area contributed by atoms with Gasteiger partial charge in [0.2, 0.25) is 0 Å². The predicted molar refractivity (Wildman–Crippen MR) is 68.9 cm³/mol. The van der Waals surface area contributed by atoms with Gasteiger partial charge in [0.05, 0.1) is 6.26 Å². The fourth-order valence-corrected chi connectivity index (χ4v) is 1.82. The van der Waals surface area contributed by atoms with E-state index in [9.17, 15) is 4.79 Å². The van der Waals surface area contributed by atoms with Gasteiger partial charge in [-0.2, -0.15) is 0 Å². The Morgan fingerprint density at radius 3 is 3.00 bits per heavy atom. The van der Waals surface area contributed by atoms with Crippen LogP contribution in [0, 0.1) is 0 Å².